The van der Waals surface area contributed by atoms with Crippen molar-refractivity contribution >= 4 is 10.2 Å². The van der Waals surface area contributed by atoms with E-state index in [9.17, 15) is 8.42 Å². The van der Waals surface area contributed by atoms with Crippen molar-refractivity contribution < 1.29 is 13.5 Å². The van der Waals surface area contributed by atoms with Crippen LogP contribution in [0, 0.1) is 0 Å². The predicted molar refractivity (Wildman–Crippen MR) is 67.9 cm³/mol. The van der Waals surface area contributed by atoms with Gasteiger partial charge in [0.05, 0.1) is 0 Å². The van der Waals surface area contributed by atoms with Gasteiger partial charge in [-0.3, -0.25) is 0 Å². The van der Waals surface area contributed by atoms with E-state index in [1.54, 1.807) is 4.31 Å². The molecule has 0 amide bonds. The zero-order valence-electron chi connectivity index (χ0n) is 10.8. The highest BCUT2D eigenvalue weighted by molar-refractivity contribution is 7.86. The molecule has 1 aliphatic rings. The highest BCUT2D eigenvalue weighted by Crippen LogP contribution is 2.24. The molecular formula is C11H24N2O3S. The number of nitrogens with zero attached hydrogens (tertiary/aromatic N) is 2. The molecular weight excluding hydrogens is 240 g/mol. The summed E-state index contributed by atoms with van der Waals surface area (Å²) in [6.07, 6.45) is 3.37. The van der Waals surface area contributed by atoms with Crippen molar-refractivity contribution in [2.45, 2.75) is 45.6 Å². The van der Waals surface area contributed by atoms with E-state index in [2.05, 4.69) is 0 Å². The SMILES string of the molecule is CCN(CC)S(=O)(=O)N1CCCCC1CCO. The van der Waals surface area contributed by atoms with Crippen molar-refractivity contribution in [1.82, 2.24) is 8.61 Å². The summed E-state index contributed by atoms with van der Waals surface area (Å²) in [5, 5.41) is 9.02. The van der Waals surface area contributed by atoms with E-state index in [1.807, 2.05) is 13.8 Å². The molecule has 17 heavy (non-hydrogen) atoms. The minimum atomic E-state index is -3.34. The second-order valence-electron chi connectivity index (χ2n) is 4.36. The van der Waals surface area contributed by atoms with Gasteiger partial charge in [0.15, 0.2) is 0 Å². The quantitative estimate of drug-likeness (QED) is 0.772. The van der Waals surface area contributed by atoms with Crippen LogP contribution in [0.5, 0.6) is 0 Å². The average Bonchev–Trinajstić information content (AvgIpc) is 2.31. The van der Waals surface area contributed by atoms with Gasteiger partial charge < -0.3 is 5.11 Å². The van der Waals surface area contributed by atoms with Gasteiger partial charge in [-0.15, -0.1) is 0 Å². The molecule has 1 N–H and O–H groups in total. The highest BCUT2D eigenvalue weighted by Gasteiger charge is 2.34. The summed E-state index contributed by atoms with van der Waals surface area (Å²) in [6.45, 7) is 5.35. The van der Waals surface area contributed by atoms with E-state index in [4.69, 9.17) is 5.11 Å². The first-order valence-electron chi connectivity index (χ1n) is 6.45. The number of hydrogen-bond donors (Lipinski definition) is 1. The summed E-state index contributed by atoms with van der Waals surface area (Å²) < 4.78 is 27.9. The Kier molecular flexibility index (Phi) is 5.85. The lowest BCUT2D eigenvalue weighted by molar-refractivity contribution is 0.184. The minimum Gasteiger partial charge on any atom is -0.396 e. The smallest absolute Gasteiger partial charge is 0.282 e. The Morgan fingerprint density at radius 3 is 2.47 bits per heavy atom. The summed E-state index contributed by atoms with van der Waals surface area (Å²) in [7, 11) is -3.34. The van der Waals surface area contributed by atoms with E-state index >= 15 is 0 Å². The largest absolute Gasteiger partial charge is 0.396 e. The van der Waals surface area contributed by atoms with Crippen molar-refractivity contribution in [2.75, 3.05) is 26.2 Å². The first-order valence-corrected chi connectivity index (χ1v) is 7.85. The van der Waals surface area contributed by atoms with Crippen LogP contribution in [0.1, 0.15) is 39.5 Å². The minimum absolute atomic E-state index is 0.0284. The van der Waals surface area contributed by atoms with Gasteiger partial charge in [0.25, 0.3) is 10.2 Å². The fourth-order valence-corrected chi connectivity index (χ4v) is 4.31. The summed E-state index contributed by atoms with van der Waals surface area (Å²) in [4.78, 5) is 0. The van der Waals surface area contributed by atoms with Crippen molar-refractivity contribution in [3.05, 3.63) is 0 Å². The second kappa shape index (κ2) is 6.68. The molecule has 0 bridgehead atoms. The Balaban J connectivity index is 2.86. The number of piperidine rings is 1. The topological polar surface area (TPSA) is 60.9 Å². The molecule has 0 spiro atoms. The van der Waals surface area contributed by atoms with Crippen LogP contribution < -0.4 is 0 Å². The maximum atomic E-state index is 12.4. The molecule has 1 saturated heterocycles. The molecule has 6 heteroatoms. The van der Waals surface area contributed by atoms with Crippen LogP contribution >= 0.6 is 0 Å². The lowest BCUT2D eigenvalue weighted by atomic mass is 10.0. The van der Waals surface area contributed by atoms with Gasteiger partial charge in [0.2, 0.25) is 0 Å². The van der Waals surface area contributed by atoms with Crippen LogP contribution in [0.25, 0.3) is 0 Å². The van der Waals surface area contributed by atoms with Crippen molar-refractivity contribution in [3.8, 4) is 0 Å². The Bertz CT molecular complexity index is 313. The maximum absolute atomic E-state index is 12.4. The fourth-order valence-electron chi connectivity index (χ4n) is 2.41. The standard InChI is InChI=1S/C11H24N2O3S/c1-3-12(4-2)17(15,16)13-9-6-5-7-11(13)8-10-14/h11,14H,3-10H2,1-2H3. The molecule has 0 aromatic heterocycles. The maximum Gasteiger partial charge on any atom is 0.282 e. The van der Waals surface area contributed by atoms with E-state index < -0.39 is 10.2 Å². The molecule has 1 fully saturated rings. The first-order chi connectivity index (χ1) is 8.07. The fraction of sp³-hybridized carbons (Fsp3) is 1.00. The number of hydrogen-bond acceptors (Lipinski definition) is 3. The molecule has 0 aromatic carbocycles. The molecule has 0 aliphatic carbocycles. The van der Waals surface area contributed by atoms with Crippen molar-refractivity contribution in [3.63, 3.8) is 0 Å². The Morgan fingerprint density at radius 1 is 1.29 bits per heavy atom. The molecule has 1 aliphatic heterocycles. The summed E-state index contributed by atoms with van der Waals surface area (Å²) in [6, 6.07) is -0.0284. The number of rotatable bonds is 6. The van der Waals surface area contributed by atoms with Crippen LogP contribution in [0.15, 0.2) is 0 Å². The van der Waals surface area contributed by atoms with Gasteiger partial charge in [0, 0.05) is 32.3 Å². The van der Waals surface area contributed by atoms with E-state index in [0.29, 0.717) is 26.1 Å². The third-order valence-corrected chi connectivity index (χ3v) is 5.61. The molecule has 1 heterocycles. The lowest BCUT2D eigenvalue weighted by Gasteiger charge is -2.37. The summed E-state index contributed by atoms with van der Waals surface area (Å²) in [5.41, 5.74) is 0. The predicted octanol–water partition coefficient (Wildman–Crippen LogP) is 0.810. The average molecular weight is 264 g/mol. The van der Waals surface area contributed by atoms with Gasteiger partial charge >= 0.3 is 0 Å². The molecule has 0 saturated carbocycles. The van der Waals surface area contributed by atoms with Crippen molar-refractivity contribution in [2.24, 2.45) is 0 Å². The normalized spacial score (nSPS) is 23.2. The van der Waals surface area contributed by atoms with Crippen LogP contribution in [0.2, 0.25) is 0 Å². The summed E-state index contributed by atoms with van der Waals surface area (Å²) >= 11 is 0. The van der Waals surface area contributed by atoms with Crippen LogP contribution in [0.4, 0.5) is 0 Å². The van der Waals surface area contributed by atoms with Gasteiger partial charge in [-0.2, -0.15) is 17.0 Å². The lowest BCUT2D eigenvalue weighted by Crippen LogP contribution is -2.50. The van der Waals surface area contributed by atoms with Crippen molar-refractivity contribution in [1.29, 1.82) is 0 Å². The van der Waals surface area contributed by atoms with Gasteiger partial charge in [-0.1, -0.05) is 20.3 Å². The number of aliphatic hydroxyl groups is 1. The van der Waals surface area contributed by atoms with Crippen LogP contribution in [0.3, 0.4) is 0 Å². The monoisotopic (exact) mass is 264 g/mol. The molecule has 1 atom stereocenters. The molecule has 0 aromatic rings. The zero-order valence-corrected chi connectivity index (χ0v) is 11.6. The van der Waals surface area contributed by atoms with E-state index in [1.165, 1.54) is 4.31 Å². The van der Waals surface area contributed by atoms with Crippen LogP contribution in [-0.4, -0.2) is 54.4 Å². The molecule has 102 valence electrons. The van der Waals surface area contributed by atoms with E-state index in [0.717, 1.165) is 19.3 Å². The third-order valence-electron chi connectivity index (χ3n) is 3.36. The Labute approximate surface area is 105 Å². The van der Waals surface area contributed by atoms with Gasteiger partial charge in [-0.25, -0.2) is 0 Å². The highest BCUT2D eigenvalue weighted by atomic mass is 32.2. The first kappa shape index (κ1) is 14.9. The molecule has 5 nitrogen and oxygen atoms in total. The molecule has 1 unspecified atom stereocenters. The van der Waals surface area contributed by atoms with Crippen LogP contribution in [-0.2, 0) is 10.2 Å². The third kappa shape index (κ3) is 3.40. The number of aliphatic hydroxyl groups excluding tert-OH is 1. The van der Waals surface area contributed by atoms with Gasteiger partial charge in [0.1, 0.15) is 0 Å². The Hall–Kier alpha value is -0.170. The Morgan fingerprint density at radius 2 is 1.94 bits per heavy atom. The summed E-state index contributed by atoms with van der Waals surface area (Å²) in [5.74, 6) is 0. The molecule has 1 rings (SSSR count). The molecule has 0 radical (unpaired) electrons. The van der Waals surface area contributed by atoms with E-state index in [-0.39, 0.29) is 12.6 Å². The van der Waals surface area contributed by atoms with Gasteiger partial charge in [-0.05, 0) is 19.3 Å². The second-order valence-corrected chi connectivity index (χ2v) is 6.25. The zero-order chi connectivity index (χ0) is 12.9.